The maximum absolute atomic E-state index is 12.2. The number of hydrogen-bond donors (Lipinski definition) is 2. The fourth-order valence-corrected chi connectivity index (χ4v) is 2.50. The smallest absolute Gasteiger partial charge is 0.242 e. The predicted octanol–water partition coefficient (Wildman–Crippen LogP) is 1.74. The minimum Gasteiger partial charge on any atom is -0.495 e. The molecule has 6 nitrogen and oxygen atoms in total. The lowest BCUT2D eigenvalue weighted by atomic mass is 10.2. The summed E-state index contributed by atoms with van der Waals surface area (Å²) in [6.45, 7) is 1.67. The first-order valence-corrected chi connectivity index (χ1v) is 7.48. The highest BCUT2D eigenvalue weighted by Crippen LogP contribution is 2.33. The summed E-state index contributed by atoms with van der Waals surface area (Å²) in [7, 11) is 1.51. The molecule has 1 fully saturated rings. The third-order valence-corrected chi connectivity index (χ3v) is 4.08. The second-order valence-electron chi connectivity index (χ2n) is 4.80. The number of methoxy groups -OCH3 is 1. The van der Waals surface area contributed by atoms with Crippen LogP contribution in [0.1, 0.15) is 0 Å². The van der Waals surface area contributed by atoms with E-state index in [0.29, 0.717) is 41.1 Å². The van der Waals surface area contributed by atoms with E-state index in [4.69, 9.17) is 33.2 Å². The quantitative estimate of drug-likeness (QED) is 0.871. The first kappa shape index (κ1) is 16.7. The summed E-state index contributed by atoms with van der Waals surface area (Å²) in [4.78, 5) is 13.9. The number of nitrogens with zero attached hydrogens (tertiary/aromatic N) is 2. The second kappa shape index (κ2) is 7.54. The zero-order valence-corrected chi connectivity index (χ0v) is 13.5. The molecule has 1 aromatic rings. The maximum atomic E-state index is 12.2. The van der Waals surface area contributed by atoms with E-state index in [0.717, 1.165) is 0 Å². The highest BCUT2D eigenvalue weighted by atomic mass is 35.5. The van der Waals surface area contributed by atoms with Crippen molar-refractivity contribution >= 4 is 34.8 Å². The number of rotatable bonds is 4. The molecular formula is C14H16Cl2N4O2. The minimum atomic E-state index is -0.322. The highest BCUT2D eigenvalue weighted by molar-refractivity contribution is 6.42. The zero-order chi connectivity index (χ0) is 16.1. The summed E-state index contributed by atoms with van der Waals surface area (Å²) in [6.07, 6.45) is 0. The lowest BCUT2D eigenvalue weighted by molar-refractivity contribution is -0.130. The summed E-state index contributed by atoms with van der Waals surface area (Å²) >= 11 is 11.9. The third kappa shape index (κ3) is 3.95. The van der Waals surface area contributed by atoms with Gasteiger partial charge in [-0.25, -0.2) is 0 Å². The van der Waals surface area contributed by atoms with Crippen molar-refractivity contribution in [2.45, 2.75) is 6.04 Å². The zero-order valence-electron chi connectivity index (χ0n) is 12.0. The van der Waals surface area contributed by atoms with Gasteiger partial charge in [0.2, 0.25) is 5.91 Å². The van der Waals surface area contributed by atoms with Crippen molar-refractivity contribution in [1.29, 1.82) is 5.26 Å². The summed E-state index contributed by atoms with van der Waals surface area (Å²) in [5.74, 6) is 0.423. The van der Waals surface area contributed by atoms with E-state index in [2.05, 4.69) is 16.7 Å². The molecule has 0 spiro atoms. The molecule has 1 aliphatic heterocycles. The number of amides is 1. The van der Waals surface area contributed by atoms with Gasteiger partial charge in [-0.1, -0.05) is 23.2 Å². The number of ether oxygens (including phenoxy) is 1. The van der Waals surface area contributed by atoms with Gasteiger partial charge >= 0.3 is 0 Å². The van der Waals surface area contributed by atoms with Crippen molar-refractivity contribution in [3.8, 4) is 11.8 Å². The number of nitrogens with one attached hydrogen (secondary N) is 2. The molecule has 1 heterocycles. The van der Waals surface area contributed by atoms with Gasteiger partial charge in [0, 0.05) is 25.7 Å². The molecule has 2 N–H and O–H groups in total. The van der Waals surface area contributed by atoms with Crippen molar-refractivity contribution in [3.05, 3.63) is 22.2 Å². The molecule has 118 valence electrons. The minimum absolute atomic E-state index is 0.0881. The van der Waals surface area contributed by atoms with Crippen molar-refractivity contribution in [2.24, 2.45) is 0 Å². The molecule has 1 aromatic carbocycles. The van der Waals surface area contributed by atoms with Gasteiger partial charge in [-0.05, 0) is 6.07 Å². The molecule has 1 aliphatic rings. The molecule has 0 radical (unpaired) electrons. The molecule has 0 bridgehead atoms. The van der Waals surface area contributed by atoms with Gasteiger partial charge in [0.25, 0.3) is 0 Å². The molecule has 0 aliphatic carbocycles. The van der Waals surface area contributed by atoms with Gasteiger partial charge < -0.3 is 15.0 Å². The number of carbonyl (C=O) groups excluding carboxylic acids is 1. The van der Waals surface area contributed by atoms with Crippen LogP contribution in [0.5, 0.6) is 5.75 Å². The normalized spacial score (nSPS) is 17.7. The Morgan fingerprint density at radius 2 is 2.27 bits per heavy atom. The Kier molecular flexibility index (Phi) is 5.72. The Bertz CT molecular complexity index is 603. The molecule has 2 rings (SSSR count). The molecule has 0 aromatic heterocycles. The van der Waals surface area contributed by atoms with E-state index in [-0.39, 0.29) is 18.5 Å². The van der Waals surface area contributed by atoms with Crippen molar-refractivity contribution in [1.82, 2.24) is 10.2 Å². The molecular weight excluding hydrogens is 327 g/mol. The Morgan fingerprint density at radius 3 is 2.95 bits per heavy atom. The Morgan fingerprint density at radius 1 is 1.55 bits per heavy atom. The number of carbonyl (C=O) groups is 1. The molecule has 22 heavy (non-hydrogen) atoms. The summed E-state index contributed by atoms with van der Waals surface area (Å²) in [6, 6.07) is 5.00. The van der Waals surface area contributed by atoms with Crippen molar-refractivity contribution in [3.63, 3.8) is 0 Å². The number of hydrogen-bond acceptors (Lipinski definition) is 5. The molecule has 0 saturated carbocycles. The Hall–Kier alpha value is -1.68. The summed E-state index contributed by atoms with van der Waals surface area (Å²) in [5, 5.41) is 15.7. The Labute approximate surface area is 138 Å². The van der Waals surface area contributed by atoms with Crippen LogP contribution in [0.25, 0.3) is 0 Å². The largest absolute Gasteiger partial charge is 0.495 e. The average Bonchev–Trinajstić information content (AvgIpc) is 2.55. The van der Waals surface area contributed by atoms with Crippen LogP contribution in [0.3, 0.4) is 0 Å². The van der Waals surface area contributed by atoms with E-state index in [9.17, 15) is 4.79 Å². The van der Waals surface area contributed by atoms with Gasteiger partial charge in [-0.15, -0.1) is 0 Å². The first-order valence-electron chi connectivity index (χ1n) is 6.73. The van der Waals surface area contributed by atoms with Gasteiger partial charge in [-0.3, -0.25) is 10.1 Å². The SMILES string of the molecule is COc1cc(Cl)c(Cl)cc1NCC(=O)N1CCNC(C#N)C1. The molecule has 1 atom stereocenters. The Balaban J connectivity index is 1.99. The average molecular weight is 343 g/mol. The number of nitriles is 1. The highest BCUT2D eigenvalue weighted by Gasteiger charge is 2.22. The van der Waals surface area contributed by atoms with E-state index in [1.54, 1.807) is 17.0 Å². The van der Waals surface area contributed by atoms with Gasteiger partial charge in [0.15, 0.2) is 0 Å². The standard InChI is InChI=1S/C14H16Cl2N4O2/c1-22-13-5-11(16)10(15)4-12(13)19-7-14(21)20-3-2-18-9(6-17)8-20/h4-5,9,18-19H,2-3,7-8H2,1H3. The second-order valence-corrected chi connectivity index (χ2v) is 5.61. The van der Waals surface area contributed by atoms with E-state index < -0.39 is 0 Å². The van der Waals surface area contributed by atoms with Crippen LogP contribution < -0.4 is 15.4 Å². The number of benzene rings is 1. The van der Waals surface area contributed by atoms with E-state index in [1.165, 1.54) is 7.11 Å². The fraction of sp³-hybridized carbons (Fsp3) is 0.429. The first-order chi connectivity index (χ1) is 10.5. The summed E-state index contributed by atoms with van der Waals surface area (Å²) in [5.41, 5.74) is 0.595. The predicted molar refractivity (Wildman–Crippen MR) is 85.5 cm³/mol. The van der Waals surface area contributed by atoms with Crippen LogP contribution in [-0.4, -0.2) is 50.1 Å². The van der Waals surface area contributed by atoms with Crippen LogP contribution in [0.4, 0.5) is 5.69 Å². The molecule has 1 unspecified atom stereocenters. The summed E-state index contributed by atoms with van der Waals surface area (Å²) < 4.78 is 5.21. The van der Waals surface area contributed by atoms with Crippen LogP contribution in [0.2, 0.25) is 10.0 Å². The van der Waals surface area contributed by atoms with Crippen molar-refractivity contribution < 1.29 is 9.53 Å². The molecule has 1 saturated heterocycles. The van der Waals surface area contributed by atoms with Crippen LogP contribution >= 0.6 is 23.2 Å². The lowest BCUT2D eigenvalue weighted by Gasteiger charge is -2.30. The van der Waals surface area contributed by atoms with Crippen LogP contribution in [0.15, 0.2) is 12.1 Å². The topological polar surface area (TPSA) is 77.4 Å². The molecule has 8 heteroatoms. The van der Waals surface area contributed by atoms with E-state index >= 15 is 0 Å². The van der Waals surface area contributed by atoms with Crippen LogP contribution in [0, 0.1) is 11.3 Å². The third-order valence-electron chi connectivity index (χ3n) is 3.36. The monoisotopic (exact) mass is 342 g/mol. The maximum Gasteiger partial charge on any atom is 0.242 e. The number of halogens is 2. The molecule has 1 amide bonds. The number of anilines is 1. The van der Waals surface area contributed by atoms with Gasteiger partial charge in [0.05, 0.1) is 35.5 Å². The van der Waals surface area contributed by atoms with Gasteiger partial charge in [0.1, 0.15) is 11.8 Å². The lowest BCUT2D eigenvalue weighted by Crippen LogP contribution is -2.53. The van der Waals surface area contributed by atoms with Crippen LogP contribution in [-0.2, 0) is 4.79 Å². The number of piperazine rings is 1. The van der Waals surface area contributed by atoms with E-state index in [1.807, 2.05) is 0 Å². The fourth-order valence-electron chi connectivity index (χ4n) is 2.18. The van der Waals surface area contributed by atoms with Gasteiger partial charge in [-0.2, -0.15) is 5.26 Å². The van der Waals surface area contributed by atoms with Crippen molar-refractivity contribution in [2.75, 3.05) is 38.6 Å².